The number of rotatable bonds is 4. The molecule has 3 N–H and O–H groups in total. The minimum absolute atomic E-state index is 0.367. The molecule has 0 aliphatic heterocycles. The summed E-state index contributed by atoms with van der Waals surface area (Å²) in [4.78, 5) is 8.52. The molecular formula is C17H16BN3O2. The first kappa shape index (κ1) is 15.2. The van der Waals surface area contributed by atoms with E-state index in [4.69, 9.17) is 0 Å². The third-order valence-electron chi connectivity index (χ3n) is 3.52. The number of benzene rings is 1. The molecular weight excluding hydrogens is 289 g/mol. The van der Waals surface area contributed by atoms with Crippen LogP contribution in [0.5, 0.6) is 0 Å². The van der Waals surface area contributed by atoms with Gasteiger partial charge in [0, 0.05) is 30.3 Å². The van der Waals surface area contributed by atoms with Crippen LogP contribution in [-0.4, -0.2) is 34.2 Å². The highest BCUT2D eigenvalue weighted by Crippen LogP contribution is 2.18. The average Bonchev–Trinajstić information content (AvgIpc) is 2.59. The van der Waals surface area contributed by atoms with E-state index in [-0.39, 0.29) is 0 Å². The van der Waals surface area contributed by atoms with Gasteiger partial charge in [0.05, 0.1) is 5.52 Å². The van der Waals surface area contributed by atoms with Crippen molar-refractivity contribution in [2.45, 2.75) is 0 Å². The number of nitrogens with zero attached hydrogens (tertiary/aromatic N) is 2. The third kappa shape index (κ3) is 3.56. The second-order valence-corrected chi connectivity index (χ2v) is 5.16. The molecule has 0 saturated carbocycles. The van der Waals surface area contributed by atoms with E-state index in [1.807, 2.05) is 49.5 Å². The zero-order chi connectivity index (χ0) is 16.2. The van der Waals surface area contributed by atoms with Crippen LogP contribution in [0.3, 0.4) is 0 Å². The monoisotopic (exact) mass is 305 g/mol. The number of anilines is 1. The molecule has 0 bridgehead atoms. The van der Waals surface area contributed by atoms with Crippen molar-refractivity contribution in [1.29, 1.82) is 0 Å². The number of aromatic nitrogens is 2. The SMILES string of the molecule is CNc1ccc2ccc(/C=C/c3cncc(B(O)O)c3)cc2n1. The summed E-state index contributed by atoms with van der Waals surface area (Å²) in [6.45, 7) is 0. The molecule has 114 valence electrons. The summed E-state index contributed by atoms with van der Waals surface area (Å²) < 4.78 is 0. The maximum absolute atomic E-state index is 9.18. The van der Waals surface area contributed by atoms with Crippen LogP contribution in [-0.2, 0) is 0 Å². The Kier molecular flexibility index (Phi) is 4.37. The topological polar surface area (TPSA) is 78.3 Å². The van der Waals surface area contributed by atoms with Gasteiger partial charge in [0.1, 0.15) is 5.82 Å². The first-order chi connectivity index (χ1) is 11.2. The smallest absolute Gasteiger partial charge is 0.423 e. The summed E-state index contributed by atoms with van der Waals surface area (Å²) >= 11 is 0. The van der Waals surface area contributed by atoms with Crippen LogP contribution in [0.15, 0.2) is 48.8 Å². The molecule has 0 fully saturated rings. The van der Waals surface area contributed by atoms with Crippen molar-refractivity contribution in [2.24, 2.45) is 0 Å². The predicted octanol–water partition coefficient (Wildman–Crippen LogP) is 1.52. The molecule has 0 aliphatic carbocycles. The summed E-state index contributed by atoms with van der Waals surface area (Å²) in [5.41, 5.74) is 3.09. The summed E-state index contributed by atoms with van der Waals surface area (Å²) in [6, 6.07) is 11.7. The van der Waals surface area contributed by atoms with E-state index < -0.39 is 7.12 Å². The van der Waals surface area contributed by atoms with Crippen molar-refractivity contribution in [3.05, 3.63) is 59.9 Å². The van der Waals surface area contributed by atoms with Crippen LogP contribution in [0.25, 0.3) is 23.1 Å². The summed E-state index contributed by atoms with van der Waals surface area (Å²) in [7, 11) is 0.328. The molecule has 6 heteroatoms. The minimum Gasteiger partial charge on any atom is -0.423 e. The lowest BCUT2D eigenvalue weighted by molar-refractivity contribution is 0.425. The highest BCUT2D eigenvalue weighted by Gasteiger charge is 2.10. The van der Waals surface area contributed by atoms with Crippen molar-refractivity contribution in [3.8, 4) is 0 Å². The lowest BCUT2D eigenvalue weighted by Crippen LogP contribution is -2.30. The van der Waals surface area contributed by atoms with Crippen molar-refractivity contribution in [1.82, 2.24) is 9.97 Å². The molecule has 5 nitrogen and oxygen atoms in total. The van der Waals surface area contributed by atoms with Crippen molar-refractivity contribution in [3.63, 3.8) is 0 Å². The fourth-order valence-corrected chi connectivity index (χ4v) is 2.28. The van der Waals surface area contributed by atoms with Gasteiger partial charge in [-0.2, -0.15) is 0 Å². The van der Waals surface area contributed by atoms with Crippen LogP contribution in [0, 0.1) is 0 Å². The van der Waals surface area contributed by atoms with Crippen LogP contribution in [0.2, 0.25) is 0 Å². The van der Waals surface area contributed by atoms with E-state index in [1.54, 1.807) is 12.3 Å². The van der Waals surface area contributed by atoms with E-state index in [2.05, 4.69) is 15.3 Å². The van der Waals surface area contributed by atoms with E-state index in [1.165, 1.54) is 6.20 Å². The van der Waals surface area contributed by atoms with Gasteiger partial charge < -0.3 is 15.4 Å². The molecule has 3 rings (SSSR count). The molecule has 2 aromatic heterocycles. The lowest BCUT2D eigenvalue weighted by atomic mass is 9.81. The number of hydrogen-bond donors (Lipinski definition) is 3. The molecule has 0 atom stereocenters. The molecule has 0 amide bonds. The van der Waals surface area contributed by atoms with Gasteiger partial charge >= 0.3 is 7.12 Å². The van der Waals surface area contributed by atoms with Gasteiger partial charge in [-0.25, -0.2) is 4.98 Å². The van der Waals surface area contributed by atoms with Gasteiger partial charge in [0.25, 0.3) is 0 Å². The number of fused-ring (bicyclic) bond motifs is 1. The molecule has 23 heavy (non-hydrogen) atoms. The minimum atomic E-state index is -1.51. The Morgan fingerprint density at radius 3 is 2.57 bits per heavy atom. The Morgan fingerprint density at radius 1 is 1.00 bits per heavy atom. The van der Waals surface area contributed by atoms with Gasteiger partial charge in [-0.3, -0.25) is 4.98 Å². The number of nitrogens with one attached hydrogen (secondary N) is 1. The second kappa shape index (κ2) is 6.60. The summed E-state index contributed by atoms with van der Waals surface area (Å²) in [5, 5.41) is 22.5. The molecule has 0 saturated heterocycles. The summed E-state index contributed by atoms with van der Waals surface area (Å²) in [5.74, 6) is 0.826. The number of hydrogen-bond acceptors (Lipinski definition) is 5. The fraction of sp³-hybridized carbons (Fsp3) is 0.0588. The predicted molar refractivity (Wildman–Crippen MR) is 94.3 cm³/mol. The first-order valence-electron chi connectivity index (χ1n) is 7.23. The zero-order valence-corrected chi connectivity index (χ0v) is 12.6. The van der Waals surface area contributed by atoms with Crippen molar-refractivity contribution < 1.29 is 10.0 Å². The molecule has 2 heterocycles. The van der Waals surface area contributed by atoms with Crippen LogP contribution < -0.4 is 10.8 Å². The van der Waals surface area contributed by atoms with Gasteiger partial charge in [0.15, 0.2) is 0 Å². The van der Waals surface area contributed by atoms with E-state index in [0.29, 0.717) is 5.46 Å². The first-order valence-corrected chi connectivity index (χ1v) is 7.23. The number of pyridine rings is 2. The molecule has 0 spiro atoms. The molecule has 1 aromatic carbocycles. The summed E-state index contributed by atoms with van der Waals surface area (Å²) in [6.07, 6.45) is 6.92. The van der Waals surface area contributed by atoms with Crippen molar-refractivity contribution >= 4 is 41.5 Å². The van der Waals surface area contributed by atoms with Gasteiger partial charge in [0.2, 0.25) is 0 Å². The Labute approximate surface area is 134 Å². The highest BCUT2D eigenvalue weighted by molar-refractivity contribution is 6.58. The standard InChI is InChI=1S/C17H16BN3O2/c1-19-17-7-6-14-5-4-12(9-16(14)21-17)2-3-13-8-15(18(22)23)11-20-10-13/h2-11,22-23H,1H3,(H,19,21)/b3-2+. The largest absolute Gasteiger partial charge is 0.490 e. The molecule has 3 aromatic rings. The maximum Gasteiger partial charge on any atom is 0.490 e. The third-order valence-corrected chi connectivity index (χ3v) is 3.52. The normalized spacial score (nSPS) is 11.1. The van der Waals surface area contributed by atoms with E-state index in [0.717, 1.165) is 27.8 Å². The van der Waals surface area contributed by atoms with Crippen LogP contribution in [0.4, 0.5) is 5.82 Å². The average molecular weight is 305 g/mol. The van der Waals surface area contributed by atoms with Gasteiger partial charge in [-0.05, 0) is 29.3 Å². The van der Waals surface area contributed by atoms with Crippen LogP contribution >= 0.6 is 0 Å². The Bertz CT molecular complexity index is 865. The van der Waals surface area contributed by atoms with E-state index >= 15 is 0 Å². The Balaban J connectivity index is 1.89. The quantitative estimate of drug-likeness (QED) is 0.637. The van der Waals surface area contributed by atoms with Gasteiger partial charge in [-0.15, -0.1) is 0 Å². The highest BCUT2D eigenvalue weighted by atomic mass is 16.4. The lowest BCUT2D eigenvalue weighted by Gasteiger charge is -2.03. The van der Waals surface area contributed by atoms with E-state index in [9.17, 15) is 10.0 Å². The molecule has 0 aliphatic rings. The maximum atomic E-state index is 9.18. The zero-order valence-electron chi connectivity index (χ0n) is 12.6. The van der Waals surface area contributed by atoms with Crippen LogP contribution in [0.1, 0.15) is 11.1 Å². The van der Waals surface area contributed by atoms with Crippen molar-refractivity contribution in [2.75, 3.05) is 12.4 Å². The second-order valence-electron chi connectivity index (χ2n) is 5.16. The fourth-order valence-electron chi connectivity index (χ4n) is 2.28. The van der Waals surface area contributed by atoms with Gasteiger partial charge in [-0.1, -0.05) is 30.4 Å². The molecule has 0 unspecified atom stereocenters. The molecule has 0 radical (unpaired) electrons. The Morgan fingerprint density at radius 2 is 1.78 bits per heavy atom. The Hall–Kier alpha value is -2.70.